The van der Waals surface area contributed by atoms with E-state index < -0.39 is 0 Å². The minimum atomic E-state index is 0.0167. The second-order valence-corrected chi connectivity index (χ2v) is 30.7. The van der Waals surface area contributed by atoms with E-state index in [0.29, 0.717) is 81.0 Å². The topological polar surface area (TPSA) is 202 Å². The van der Waals surface area contributed by atoms with Crippen molar-refractivity contribution in [3.63, 3.8) is 0 Å². The van der Waals surface area contributed by atoms with Crippen molar-refractivity contribution in [3.8, 4) is 160 Å². The summed E-state index contributed by atoms with van der Waals surface area (Å²) in [5.74, 6) is 7.51. The summed E-state index contributed by atoms with van der Waals surface area (Å²) in [7, 11) is 0. The monoisotopic (exact) mass is 1560 g/mol. The number of hydrogen-bond donors (Lipinski definition) is 0. The minimum absolute atomic E-state index is 0.0167. The summed E-state index contributed by atoms with van der Waals surface area (Å²) in [5.41, 5.74) is 29.8. The van der Waals surface area contributed by atoms with E-state index in [9.17, 15) is 10.5 Å². The lowest BCUT2D eigenvalue weighted by molar-refractivity contribution is 0.754. The van der Waals surface area contributed by atoms with Gasteiger partial charge in [-0.25, -0.2) is 59.8 Å². The molecule has 4 heterocycles. The van der Waals surface area contributed by atoms with Crippen LogP contribution in [0.2, 0.25) is 0 Å². The van der Waals surface area contributed by atoms with E-state index in [1.807, 2.05) is 218 Å². The van der Waals surface area contributed by atoms with Crippen LogP contribution in [0.15, 0.2) is 376 Å². The summed E-state index contributed by atoms with van der Waals surface area (Å²) < 4.78 is 0. The first-order valence-electron chi connectivity index (χ1n) is 40.6. The molecule has 568 valence electrons. The van der Waals surface area contributed by atoms with Gasteiger partial charge < -0.3 is 0 Å². The third kappa shape index (κ3) is 13.1. The summed E-state index contributed by atoms with van der Waals surface area (Å²) in [5, 5.41) is 18.7. The predicted octanol–water partition coefficient (Wildman–Crippen LogP) is 23.5. The summed E-state index contributed by atoms with van der Waals surface area (Å²) in [6.45, 7) is 0. The molecule has 6 aliphatic carbocycles. The van der Waals surface area contributed by atoms with Gasteiger partial charge in [-0.1, -0.05) is 315 Å². The van der Waals surface area contributed by atoms with Crippen LogP contribution >= 0.6 is 0 Å². The van der Waals surface area contributed by atoms with Gasteiger partial charge in [-0.15, -0.1) is 0 Å². The van der Waals surface area contributed by atoms with Crippen molar-refractivity contribution in [1.82, 2.24) is 59.8 Å². The molecule has 0 saturated carbocycles. The number of aromatic nitrogens is 12. The number of nitrogens with zero attached hydrogens (tertiary/aromatic N) is 14. The van der Waals surface area contributed by atoms with Gasteiger partial charge in [0.1, 0.15) is 0 Å². The van der Waals surface area contributed by atoms with Gasteiger partial charge in [-0.2, -0.15) is 10.5 Å². The highest BCUT2D eigenvalue weighted by Gasteiger charge is 2.44. The molecular weight excluding hydrogens is 1490 g/mol. The van der Waals surface area contributed by atoms with Gasteiger partial charge in [0.15, 0.2) is 69.9 Å². The molecule has 0 radical (unpaired) electrons. The standard InChI is InChI=1S/C57H35N7.C51H31N7/c58-34-35-20-22-36(23-21-35)37-24-26-41(27-25-37)55-60-54(40-16-8-3-9-17-40)63-57(64-55)43-29-31-47-49(33-43)51-45-19-11-10-18-44(45)50(47)48-32-42(28-30-46(48)51)56-61-52(38-12-4-1-5-13-38)59-53(62-56)39-14-6-2-7-15-39;52-30-31-20-22-35(23-21-31)49-54-48(34-16-8-3-9-17-34)57-51(58-49)37-25-27-41-43(29-37)45-39-19-11-10-18-38(39)44(41)42-28-36(24-26-40(42)45)50-55-46(32-12-4-1-5-13-32)53-47(56-50)33-14-6-2-7-15-33/h1-33,50-51H;1-29,44-45H. The number of rotatable bonds is 13. The van der Waals surface area contributed by atoms with Crippen molar-refractivity contribution in [3.05, 3.63) is 454 Å². The van der Waals surface area contributed by atoms with Gasteiger partial charge in [0, 0.05) is 90.4 Å². The highest BCUT2D eigenvalue weighted by atomic mass is 15.1. The van der Waals surface area contributed by atoms with Gasteiger partial charge in [0.2, 0.25) is 0 Å². The summed E-state index contributed by atoms with van der Waals surface area (Å²) in [6.07, 6.45) is 0. The quantitative estimate of drug-likeness (QED) is 0.105. The molecule has 14 nitrogen and oxygen atoms in total. The van der Waals surface area contributed by atoms with Crippen molar-refractivity contribution in [1.29, 1.82) is 10.5 Å². The molecule has 0 N–H and O–H groups in total. The Balaban J connectivity index is 0.000000146. The van der Waals surface area contributed by atoms with Crippen LogP contribution in [-0.4, -0.2) is 59.8 Å². The third-order valence-electron chi connectivity index (χ3n) is 23.6. The van der Waals surface area contributed by atoms with Crippen LogP contribution < -0.4 is 0 Å². The van der Waals surface area contributed by atoms with Crippen molar-refractivity contribution in [2.75, 3.05) is 0 Å². The van der Waals surface area contributed by atoms with Crippen LogP contribution in [0.25, 0.3) is 148 Å². The van der Waals surface area contributed by atoms with Crippen LogP contribution in [0, 0.1) is 22.7 Å². The fourth-order valence-corrected chi connectivity index (χ4v) is 17.8. The molecule has 0 aliphatic heterocycles. The van der Waals surface area contributed by atoms with Crippen LogP contribution in [0.5, 0.6) is 0 Å². The molecule has 4 unspecified atom stereocenters. The third-order valence-corrected chi connectivity index (χ3v) is 23.6. The van der Waals surface area contributed by atoms with Gasteiger partial charge in [-0.3, -0.25) is 0 Å². The fourth-order valence-electron chi connectivity index (χ4n) is 17.8. The van der Waals surface area contributed by atoms with E-state index in [1.165, 1.54) is 66.8 Å². The number of hydrogen-bond acceptors (Lipinski definition) is 14. The first-order valence-corrected chi connectivity index (χ1v) is 40.6. The Bertz CT molecular complexity index is 7280. The average molecular weight is 1560 g/mol. The molecule has 0 fully saturated rings. The Morgan fingerprint density at radius 1 is 0.139 bits per heavy atom. The Morgan fingerprint density at radius 2 is 0.287 bits per heavy atom. The molecule has 4 bridgehead atoms. The normalized spacial score (nSPS) is 14.4. The largest absolute Gasteiger partial charge is 0.208 e. The van der Waals surface area contributed by atoms with Crippen LogP contribution in [0.4, 0.5) is 0 Å². The Hall–Kier alpha value is -16.7. The van der Waals surface area contributed by atoms with Crippen LogP contribution in [0.1, 0.15) is 102 Å². The lowest BCUT2D eigenvalue weighted by Crippen LogP contribution is -2.27. The maximum absolute atomic E-state index is 9.41. The van der Waals surface area contributed by atoms with E-state index >= 15 is 0 Å². The van der Waals surface area contributed by atoms with Gasteiger partial charge in [0.05, 0.1) is 23.3 Å². The fraction of sp³-hybridized carbons (Fsp3) is 0.0370. The lowest BCUT2D eigenvalue weighted by atomic mass is 9.61. The van der Waals surface area contributed by atoms with E-state index in [4.69, 9.17) is 59.8 Å². The van der Waals surface area contributed by atoms with Crippen LogP contribution in [0.3, 0.4) is 0 Å². The van der Waals surface area contributed by atoms with Gasteiger partial charge >= 0.3 is 0 Å². The lowest BCUT2D eigenvalue weighted by Gasteiger charge is -2.42. The SMILES string of the molecule is N#Cc1ccc(-c2ccc(-c3nc(-c4ccccc4)nc(-c4ccc5c(c4)C4c6ccccc6C5c5cc(-c6nc(-c7ccccc7)nc(-c7ccccc7)n6)ccc54)n3)cc2)cc1.N#Cc1ccc(-c2nc(-c3ccccc3)nc(-c3ccc4c(c3)C3c5ccccc5C4c4cc(-c5nc(-c6ccccc6)nc(-c6ccccc6)n5)ccc43)n2)cc1. The molecular formula is C108H66N14. The van der Waals surface area contributed by atoms with Crippen molar-refractivity contribution >= 4 is 0 Å². The second kappa shape index (κ2) is 30.4. The summed E-state index contributed by atoms with van der Waals surface area (Å²) in [6, 6.07) is 133. The molecule has 0 saturated heterocycles. The molecule has 15 aromatic carbocycles. The molecule has 0 spiro atoms. The smallest absolute Gasteiger partial charge is 0.164 e. The highest BCUT2D eigenvalue weighted by molar-refractivity contribution is 5.80. The zero-order valence-corrected chi connectivity index (χ0v) is 65.4. The first kappa shape index (κ1) is 71.8. The van der Waals surface area contributed by atoms with Crippen molar-refractivity contribution < 1.29 is 0 Å². The number of benzene rings is 15. The zero-order chi connectivity index (χ0) is 81.1. The summed E-state index contributed by atoms with van der Waals surface area (Å²) in [4.78, 5) is 60.4. The maximum Gasteiger partial charge on any atom is 0.164 e. The molecule has 25 rings (SSSR count). The number of nitriles is 2. The predicted molar refractivity (Wildman–Crippen MR) is 476 cm³/mol. The summed E-state index contributed by atoms with van der Waals surface area (Å²) >= 11 is 0. The Morgan fingerprint density at radius 3 is 0.492 bits per heavy atom. The van der Waals surface area contributed by atoms with Crippen LogP contribution in [-0.2, 0) is 0 Å². The zero-order valence-electron chi connectivity index (χ0n) is 65.4. The molecule has 4 aromatic heterocycles. The molecule has 122 heavy (non-hydrogen) atoms. The van der Waals surface area contributed by atoms with E-state index in [1.54, 1.807) is 12.1 Å². The minimum Gasteiger partial charge on any atom is -0.208 e. The molecule has 0 amide bonds. The van der Waals surface area contributed by atoms with E-state index in [0.717, 1.165) is 77.9 Å². The van der Waals surface area contributed by atoms with Gasteiger partial charge in [-0.05, 0) is 139 Å². The average Bonchev–Trinajstić information content (AvgIpc) is 0.703. The Labute approximate surface area is 703 Å². The maximum atomic E-state index is 9.41. The van der Waals surface area contributed by atoms with Gasteiger partial charge in [0.25, 0.3) is 0 Å². The van der Waals surface area contributed by atoms with E-state index in [2.05, 4.69) is 158 Å². The first-order chi connectivity index (χ1) is 60.3. The highest BCUT2D eigenvalue weighted by Crippen LogP contribution is 2.59. The molecule has 6 aliphatic rings. The molecule has 14 heteroatoms. The van der Waals surface area contributed by atoms with E-state index in [-0.39, 0.29) is 23.7 Å². The molecule has 19 aromatic rings. The second-order valence-electron chi connectivity index (χ2n) is 30.7. The molecule has 4 atom stereocenters. The van der Waals surface area contributed by atoms with Crippen molar-refractivity contribution in [2.24, 2.45) is 0 Å². The van der Waals surface area contributed by atoms with Crippen molar-refractivity contribution in [2.45, 2.75) is 23.7 Å². The Kier molecular flexibility index (Phi) is 17.9.